The Kier molecular flexibility index (Phi) is 5.25. The third-order valence-corrected chi connectivity index (χ3v) is 5.61. The molecule has 1 aromatic heterocycles. The Balaban J connectivity index is 1.38. The van der Waals surface area contributed by atoms with Crippen LogP contribution in [0.25, 0.3) is 11.4 Å². The normalized spacial score (nSPS) is 13.5. The Labute approximate surface area is 163 Å². The number of hydrogen-bond donors (Lipinski definition) is 1. The zero-order valence-electron chi connectivity index (χ0n) is 15.3. The predicted molar refractivity (Wildman–Crippen MR) is 109 cm³/mol. The van der Waals surface area contributed by atoms with Crippen molar-refractivity contribution in [2.45, 2.75) is 37.4 Å². The van der Waals surface area contributed by atoms with Crippen LogP contribution in [0.4, 0.5) is 5.69 Å². The lowest BCUT2D eigenvalue weighted by Crippen LogP contribution is -2.14. The summed E-state index contributed by atoms with van der Waals surface area (Å²) in [6.07, 6.45) is 2.57. The lowest BCUT2D eigenvalue weighted by molar-refractivity contribution is -0.113. The monoisotopic (exact) mass is 378 g/mol. The van der Waals surface area contributed by atoms with Crippen LogP contribution in [0, 0.1) is 0 Å². The van der Waals surface area contributed by atoms with E-state index in [4.69, 9.17) is 0 Å². The molecule has 1 fully saturated rings. The quantitative estimate of drug-likeness (QED) is 0.612. The van der Waals surface area contributed by atoms with Gasteiger partial charge in [-0.15, -0.1) is 10.2 Å². The fraction of sp³-hybridized carbons (Fsp3) is 0.286. The molecule has 6 heteroatoms. The van der Waals surface area contributed by atoms with Crippen LogP contribution in [0.1, 0.15) is 31.2 Å². The van der Waals surface area contributed by atoms with Gasteiger partial charge in [0, 0.05) is 17.8 Å². The van der Waals surface area contributed by atoms with Gasteiger partial charge in [0.05, 0.1) is 5.75 Å². The Hall–Kier alpha value is -2.60. The van der Waals surface area contributed by atoms with E-state index in [1.165, 1.54) is 30.2 Å². The molecule has 0 spiro atoms. The molecule has 0 unspecified atom stereocenters. The van der Waals surface area contributed by atoms with Gasteiger partial charge in [-0.05, 0) is 43.4 Å². The van der Waals surface area contributed by atoms with E-state index in [2.05, 4.69) is 34.6 Å². The van der Waals surface area contributed by atoms with E-state index in [1.54, 1.807) is 0 Å². The van der Waals surface area contributed by atoms with Gasteiger partial charge < -0.3 is 9.88 Å². The lowest BCUT2D eigenvalue weighted by atomic mass is 10.1. The molecule has 1 heterocycles. The summed E-state index contributed by atoms with van der Waals surface area (Å²) in [4.78, 5) is 12.3. The average Bonchev–Trinajstić information content (AvgIpc) is 3.47. The van der Waals surface area contributed by atoms with Gasteiger partial charge in [-0.1, -0.05) is 54.2 Å². The molecule has 0 atom stereocenters. The smallest absolute Gasteiger partial charge is 0.234 e. The molecule has 138 valence electrons. The van der Waals surface area contributed by atoms with E-state index in [0.717, 1.165) is 34.7 Å². The SMILES string of the molecule is CCn1c(SCC(=O)Nc2ccc(C3CC3)cc2)nnc1-c1ccccc1. The van der Waals surface area contributed by atoms with Gasteiger partial charge in [0.25, 0.3) is 0 Å². The fourth-order valence-electron chi connectivity index (χ4n) is 3.06. The number of hydrogen-bond acceptors (Lipinski definition) is 4. The van der Waals surface area contributed by atoms with Crippen molar-refractivity contribution in [2.24, 2.45) is 0 Å². The molecule has 1 aliphatic rings. The molecule has 5 nitrogen and oxygen atoms in total. The van der Waals surface area contributed by atoms with E-state index in [9.17, 15) is 4.79 Å². The summed E-state index contributed by atoms with van der Waals surface area (Å²) in [5.74, 6) is 1.82. The van der Waals surface area contributed by atoms with Crippen LogP contribution < -0.4 is 5.32 Å². The van der Waals surface area contributed by atoms with Crippen molar-refractivity contribution in [3.05, 3.63) is 60.2 Å². The lowest BCUT2D eigenvalue weighted by Gasteiger charge is -2.08. The van der Waals surface area contributed by atoms with E-state index in [1.807, 2.05) is 47.0 Å². The molecule has 1 aliphatic carbocycles. The molecule has 1 saturated carbocycles. The highest BCUT2D eigenvalue weighted by Crippen LogP contribution is 2.40. The van der Waals surface area contributed by atoms with E-state index in [-0.39, 0.29) is 5.91 Å². The Morgan fingerprint density at radius 2 is 1.85 bits per heavy atom. The summed E-state index contributed by atoms with van der Waals surface area (Å²) in [5, 5.41) is 12.3. The third-order valence-electron chi connectivity index (χ3n) is 4.64. The number of nitrogens with one attached hydrogen (secondary N) is 1. The Bertz CT molecular complexity index is 917. The van der Waals surface area contributed by atoms with Crippen LogP contribution >= 0.6 is 11.8 Å². The van der Waals surface area contributed by atoms with Crippen LogP contribution in [-0.2, 0) is 11.3 Å². The summed E-state index contributed by atoms with van der Waals surface area (Å²) in [7, 11) is 0. The minimum absolute atomic E-state index is 0.0360. The maximum absolute atomic E-state index is 12.3. The van der Waals surface area contributed by atoms with E-state index >= 15 is 0 Å². The Morgan fingerprint density at radius 1 is 1.11 bits per heavy atom. The largest absolute Gasteiger partial charge is 0.325 e. The number of anilines is 1. The fourth-order valence-corrected chi connectivity index (χ4v) is 3.87. The molecule has 1 amide bonds. The molecule has 0 aliphatic heterocycles. The number of carbonyl (C=O) groups is 1. The number of rotatable bonds is 7. The van der Waals surface area contributed by atoms with Gasteiger partial charge in [0.1, 0.15) is 0 Å². The van der Waals surface area contributed by atoms with E-state index in [0.29, 0.717) is 5.75 Å². The van der Waals surface area contributed by atoms with Gasteiger partial charge in [0.2, 0.25) is 5.91 Å². The van der Waals surface area contributed by atoms with Crippen molar-refractivity contribution >= 4 is 23.4 Å². The topological polar surface area (TPSA) is 59.8 Å². The van der Waals surface area contributed by atoms with Crippen molar-refractivity contribution in [1.82, 2.24) is 14.8 Å². The van der Waals surface area contributed by atoms with Crippen LogP contribution in [-0.4, -0.2) is 26.4 Å². The number of nitrogens with zero attached hydrogens (tertiary/aromatic N) is 3. The van der Waals surface area contributed by atoms with Crippen LogP contribution in [0.2, 0.25) is 0 Å². The van der Waals surface area contributed by atoms with Gasteiger partial charge in [-0.3, -0.25) is 4.79 Å². The first-order chi connectivity index (χ1) is 13.2. The summed E-state index contributed by atoms with van der Waals surface area (Å²) in [5.41, 5.74) is 3.23. The maximum Gasteiger partial charge on any atom is 0.234 e. The van der Waals surface area contributed by atoms with Crippen LogP contribution in [0.15, 0.2) is 59.8 Å². The number of carbonyl (C=O) groups excluding carboxylic acids is 1. The highest BCUT2D eigenvalue weighted by Gasteiger charge is 2.23. The molecule has 1 N–H and O–H groups in total. The van der Waals surface area contributed by atoms with Gasteiger partial charge in [-0.2, -0.15) is 0 Å². The predicted octanol–water partition coefficient (Wildman–Crippen LogP) is 4.57. The summed E-state index contributed by atoms with van der Waals surface area (Å²) in [6.45, 7) is 2.81. The molecule has 4 rings (SSSR count). The van der Waals surface area contributed by atoms with Crippen molar-refractivity contribution in [1.29, 1.82) is 0 Å². The molecule has 0 saturated heterocycles. The van der Waals surface area contributed by atoms with E-state index < -0.39 is 0 Å². The molecule has 27 heavy (non-hydrogen) atoms. The van der Waals surface area contributed by atoms with Crippen molar-refractivity contribution in [2.75, 3.05) is 11.1 Å². The molecule has 3 aromatic rings. The Morgan fingerprint density at radius 3 is 2.52 bits per heavy atom. The summed E-state index contributed by atoms with van der Waals surface area (Å²) >= 11 is 1.41. The molecule has 2 aromatic carbocycles. The van der Waals surface area contributed by atoms with Crippen molar-refractivity contribution in [3.63, 3.8) is 0 Å². The number of amides is 1. The molecule has 0 radical (unpaired) electrons. The van der Waals surface area contributed by atoms with Crippen LogP contribution in [0.5, 0.6) is 0 Å². The minimum Gasteiger partial charge on any atom is -0.325 e. The second kappa shape index (κ2) is 7.96. The number of benzene rings is 2. The first-order valence-corrected chi connectivity index (χ1v) is 10.2. The maximum atomic E-state index is 12.3. The number of aromatic nitrogens is 3. The van der Waals surface area contributed by atoms with Crippen LogP contribution in [0.3, 0.4) is 0 Å². The first-order valence-electron chi connectivity index (χ1n) is 9.26. The van der Waals surface area contributed by atoms with Crippen molar-refractivity contribution < 1.29 is 4.79 Å². The summed E-state index contributed by atoms with van der Waals surface area (Å²) < 4.78 is 2.04. The van der Waals surface area contributed by atoms with Gasteiger partial charge in [-0.25, -0.2) is 0 Å². The highest BCUT2D eigenvalue weighted by atomic mass is 32.2. The number of thioether (sulfide) groups is 1. The minimum atomic E-state index is -0.0360. The first kappa shape index (κ1) is 17.8. The summed E-state index contributed by atoms with van der Waals surface area (Å²) in [6, 6.07) is 18.2. The zero-order valence-corrected chi connectivity index (χ0v) is 16.1. The second-order valence-electron chi connectivity index (χ2n) is 6.65. The standard InChI is InChI=1S/C21H22N4OS/c1-2-25-20(17-6-4-3-5-7-17)23-24-21(25)27-14-19(26)22-18-12-10-16(11-13-18)15-8-9-15/h3-7,10-13,15H,2,8-9,14H2,1H3,(H,22,26). The van der Waals surface area contributed by atoms with Crippen molar-refractivity contribution in [3.8, 4) is 11.4 Å². The average molecular weight is 379 g/mol. The second-order valence-corrected chi connectivity index (χ2v) is 7.59. The highest BCUT2D eigenvalue weighted by molar-refractivity contribution is 7.99. The molecular formula is C21H22N4OS. The zero-order chi connectivity index (χ0) is 18.6. The third kappa shape index (κ3) is 4.22. The molecule has 0 bridgehead atoms. The van der Waals surface area contributed by atoms with Gasteiger partial charge >= 0.3 is 0 Å². The van der Waals surface area contributed by atoms with Gasteiger partial charge in [0.15, 0.2) is 11.0 Å². The molecular weight excluding hydrogens is 356 g/mol.